The first-order valence-corrected chi connectivity index (χ1v) is 10.2. The van der Waals surface area contributed by atoms with Crippen molar-refractivity contribution in [2.24, 2.45) is 11.7 Å². The van der Waals surface area contributed by atoms with Crippen LogP contribution in [0.4, 0.5) is 0 Å². The molecule has 7 heteroatoms. The van der Waals surface area contributed by atoms with Gasteiger partial charge in [0.2, 0.25) is 11.8 Å². The Bertz CT molecular complexity index is 809. The van der Waals surface area contributed by atoms with Crippen molar-refractivity contribution < 1.29 is 14.4 Å². The fraction of sp³-hybridized carbons (Fsp3) is 0.571. The highest BCUT2D eigenvalue weighted by molar-refractivity contribution is 6.05. The van der Waals surface area contributed by atoms with Crippen molar-refractivity contribution in [3.05, 3.63) is 34.9 Å². The number of benzene rings is 1. The molecule has 2 saturated heterocycles. The highest BCUT2D eigenvalue weighted by Gasteiger charge is 2.40. The lowest BCUT2D eigenvalue weighted by atomic mass is 9.92. The summed E-state index contributed by atoms with van der Waals surface area (Å²) in [5, 5.41) is 2.36. The summed E-state index contributed by atoms with van der Waals surface area (Å²) < 4.78 is 0. The standard InChI is InChI=1S/C21H28N4O3/c1-13-5-6-14(9-22)10-24(13)11-15-3-2-4-16-17(15)12-25(21(16)28)18-7-8-19(26)23-20(18)27/h2-4,13-14,18H,5-12,22H2,1H3,(H,23,26,27). The van der Waals surface area contributed by atoms with Crippen LogP contribution in [-0.2, 0) is 22.7 Å². The summed E-state index contributed by atoms with van der Waals surface area (Å²) in [4.78, 5) is 40.7. The molecule has 150 valence electrons. The zero-order valence-electron chi connectivity index (χ0n) is 16.3. The minimum atomic E-state index is -0.569. The Hall–Kier alpha value is -2.25. The number of likely N-dealkylation sites (tertiary alicyclic amines) is 1. The summed E-state index contributed by atoms with van der Waals surface area (Å²) in [7, 11) is 0. The number of hydrogen-bond donors (Lipinski definition) is 2. The molecule has 0 saturated carbocycles. The van der Waals surface area contributed by atoms with Crippen molar-refractivity contribution in [2.45, 2.75) is 57.8 Å². The average Bonchev–Trinajstić information content (AvgIpc) is 3.01. The van der Waals surface area contributed by atoms with Crippen LogP contribution < -0.4 is 11.1 Å². The third-order valence-corrected chi connectivity index (χ3v) is 6.49. The first-order valence-electron chi connectivity index (χ1n) is 10.2. The maximum atomic E-state index is 13.0. The van der Waals surface area contributed by atoms with Gasteiger partial charge in [0.15, 0.2) is 0 Å². The number of carbonyl (C=O) groups excluding carboxylic acids is 3. The molecular weight excluding hydrogens is 356 g/mol. The molecule has 0 spiro atoms. The molecular formula is C21H28N4O3. The summed E-state index contributed by atoms with van der Waals surface area (Å²) in [5.74, 6) is -0.221. The Balaban J connectivity index is 1.54. The minimum absolute atomic E-state index is 0.113. The van der Waals surface area contributed by atoms with Crippen molar-refractivity contribution >= 4 is 17.7 Å². The largest absolute Gasteiger partial charge is 0.330 e. The van der Waals surface area contributed by atoms with E-state index in [2.05, 4.69) is 23.2 Å². The molecule has 2 fully saturated rings. The van der Waals surface area contributed by atoms with Gasteiger partial charge in [-0.25, -0.2) is 0 Å². The van der Waals surface area contributed by atoms with Crippen molar-refractivity contribution in [1.82, 2.24) is 15.1 Å². The maximum Gasteiger partial charge on any atom is 0.255 e. The van der Waals surface area contributed by atoms with Crippen LogP contribution in [0.2, 0.25) is 0 Å². The van der Waals surface area contributed by atoms with Gasteiger partial charge in [0.1, 0.15) is 6.04 Å². The number of amides is 3. The van der Waals surface area contributed by atoms with Crippen LogP contribution in [0.1, 0.15) is 54.1 Å². The fourth-order valence-electron chi connectivity index (χ4n) is 4.69. The summed E-state index contributed by atoms with van der Waals surface area (Å²) in [5.41, 5.74) is 8.74. The number of imide groups is 1. The van der Waals surface area contributed by atoms with E-state index >= 15 is 0 Å². The van der Waals surface area contributed by atoms with Gasteiger partial charge in [0.25, 0.3) is 5.91 Å². The van der Waals surface area contributed by atoms with E-state index in [1.807, 2.05) is 12.1 Å². The highest BCUT2D eigenvalue weighted by atomic mass is 16.2. The normalized spacial score (nSPS) is 28.4. The van der Waals surface area contributed by atoms with E-state index < -0.39 is 6.04 Å². The quantitative estimate of drug-likeness (QED) is 0.756. The molecule has 0 bridgehead atoms. The second-order valence-corrected chi connectivity index (χ2v) is 8.30. The van der Waals surface area contributed by atoms with E-state index in [0.29, 0.717) is 37.0 Å². The number of nitrogens with one attached hydrogen (secondary N) is 1. The molecule has 3 N–H and O–H groups in total. The number of piperidine rings is 2. The van der Waals surface area contributed by atoms with Gasteiger partial charge in [-0.2, -0.15) is 0 Å². The van der Waals surface area contributed by atoms with Crippen molar-refractivity contribution in [1.29, 1.82) is 0 Å². The molecule has 28 heavy (non-hydrogen) atoms. The SMILES string of the molecule is CC1CCC(CN)CN1Cc1cccc2c1CN(C1CCC(=O)NC1=O)C2=O. The summed E-state index contributed by atoms with van der Waals surface area (Å²) in [6, 6.07) is 5.77. The van der Waals surface area contributed by atoms with Gasteiger partial charge in [-0.05, 0) is 55.8 Å². The van der Waals surface area contributed by atoms with Gasteiger partial charge < -0.3 is 10.6 Å². The molecule has 0 aliphatic carbocycles. The first kappa shape index (κ1) is 19.1. The Morgan fingerprint density at radius 2 is 2.00 bits per heavy atom. The monoisotopic (exact) mass is 384 g/mol. The fourth-order valence-corrected chi connectivity index (χ4v) is 4.69. The van der Waals surface area contributed by atoms with Crippen LogP contribution in [0.15, 0.2) is 18.2 Å². The molecule has 3 heterocycles. The lowest BCUT2D eigenvalue weighted by Gasteiger charge is -2.38. The molecule has 3 atom stereocenters. The summed E-state index contributed by atoms with van der Waals surface area (Å²) >= 11 is 0. The molecule has 3 amide bonds. The van der Waals surface area contributed by atoms with E-state index in [4.69, 9.17) is 5.73 Å². The van der Waals surface area contributed by atoms with Gasteiger partial charge in [0, 0.05) is 37.7 Å². The zero-order chi connectivity index (χ0) is 19.8. The van der Waals surface area contributed by atoms with E-state index in [0.717, 1.165) is 30.6 Å². The zero-order valence-corrected chi connectivity index (χ0v) is 16.3. The second-order valence-electron chi connectivity index (χ2n) is 8.30. The van der Waals surface area contributed by atoms with E-state index in [9.17, 15) is 14.4 Å². The van der Waals surface area contributed by atoms with Crippen LogP contribution in [0.25, 0.3) is 0 Å². The van der Waals surface area contributed by atoms with Gasteiger partial charge in [0.05, 0.1) is 0 Å². The Morgan fingerprint density at radius 1 is 1.18 bits per heavy atom. The smallest absolute Gasteiger partial charge is 0.255 e. The molecule has 3 aliphatic heterocycles. The molecule has 4 rings (SSSR count). The molecule has 0 aromatic heterocycles. The highest BCUT2D eigenvalue weighted by Crippen LogP contribution is 2.32. The first-order chi connectivity index (χ1) is 13.5. The molecule has 7 nitrogen and oxygen atoms in total. The van der Waals surface area contributed by atoms with Crippen LogP contribution >= 0.6 is 0 Å². The third kappa shape index (κ3) is 3.44. The van der Waals surface area contributed by atoms with Gasteiger partial charge in [-0.15, -0.1) is 0 Å². The van der Waals surface area contributed by atoms with Crippen LogP contribution in [0, 0.1) is 5.92 Å². The molecule has 0 radical (unpaired) electrons. The predicted molar refractivity (Wildman–Crippen MR) is 104 cm³/mol. The Kier molecular flexibility index (Phi) is 5.21. The van der Waals surface area contributed by atoms with Gasteiger partial charge in [-0.1, -0.05) is 12.1 Å². The van der Waals surface area contributed by atoms with E-state index in [1.165, 1.54) is 6.42 Å². The Labute approximate surface area is 165 Å². The predicted octanol–water partition coefficient (Wildman–Crippen LogP) is 1.01. The van der Waals surface area contributed by atoms with Crippen molar-refractivity contribution in [2.75, 3.05) is 13.1 Å². The lowest BCUT2D eigenvalue weighted by Crippen LogP contribution is -2.52. The molecule has 1 aromatic rings. The van der Waals surface area contributed by atoms with Crippen LogP contribution in [0.5, 0.6) is 0 Å². The number of nitrogens with zero attached hydrogens (tertiary/aromatic N) is 2. The topological polar surface area (TPSA) is 95.7 Å². The summed E-state index contributed by atoms with van der Waals surface area (Å²) in [6.07, 6.45) is 2.97. The number of nitrogens with two attached hydrogens (primary N) is 1. The molecule has 3 unspecified atom stereocenters. The van der Waals surface area contributed by atoms with E-state index in [1.54, 1.807) is 4.90 Å². The van der Waals surface area contributed by atoms with Crippen molar-refractivity contribution in [3.63, 3.8) is 0 Å². The van der Waals surface area contributed by atoms with Crippen LogP contribution in [0.3, 0.4) is 0 Å². The minimum Gasteiger partial charge on any atom is -0.330 e. The second kappa shape index (κ2) is 7.64. The van der Waals surface area contributed by atoms with Gasteiger partial charge in [-0.3, -0.25) is 24.6 Å². The number of fused-ring (bicyclic) bond motifs is 1. The number of rotatable bonds is 4. The van der Waals surface area contributed by atoms with E-state index in [-0.39, 0.29) is 24.1 Å². The van der Waals surface area contributed by atoms with Crippen molar-refractivity contribution in [3.8, 4) is 0 Å². The molecule has 3 aliphatic rings. The lowest BCUT2D eigenvalue weighted by molar-refractivity contribution is -0.136. The third-order valence-electron chi connectivity index (χ3n) is 6.49. The average molecular weight is 384 g/mol. The number of hydrogen-bond acceptors (Lipinski definition) is 5. The summed E-state index contributed by atoms with van der Waals surface area (Å²) in [6.45, 7) is 5.15. The number of carbonyl (C=O) groups is 3. The molecule has 1 aromatic carbocycles. The van der Waals surface area contributed by atoms with Gasteiger partial charge >= 0.3 is 0 Å². The Morgan fingerprint density at radius 3 is 2.75 bits per heavy atom. The maximum absolute atomic E-state index is 13.0. The van der Waals surface area contributed by atoms with Crippen LogP contribution in [-0.4, -0.2) is 52.7 Å².